The molecule has 11 heteroatoms. The zero-order valence-electron chi connectivity index (χ0n) is 20.2. The number of nitrogens with one attached hydrogen (secondary N) is 2. The van der Waals surface area contributed by atoms with E-state index >= 15 is 0 Å². The van der Waals surface area contributed by atoms with Crippen LogP contribution in [0.3, 0.4) is 0 Å². The normalized spacial score (nSPS) is 18.8. The summed E-state index contributed by atoms with van der Waals surface area (Å²) < 4.78 is 33.1. The number of fused-ring (bicyclic) bond motifs is 1. The molecule has 0 saturated heterocycles. The van der Waals surface area contributed by atoms with Crippen LogP contribution in [0.5, 0.6) is 0 Å². The van der Waals surface area contributed by atoms with Crippen LogP contribution in [-0.4, -0.2) is 40.4 Å². The first-order valence-electron chi connectivity index (χ1n) is 11.6. The zero-order valence-corrected chi connectivity index (χ0v) is 21.8. The monoisotopic (exact) mass is 539 g/mol. The fourth-order valence-electron chi connectivity index (χ4n) is 4.27. The molecule has 0 bridgehead atoms. The van der Waals surface area contributed by atoms with Gasteiger partial charge in [-0.25, -0.2) is 13.6 Å². The molecule has 7 nitrogen and oxygen atoms in total. The van der Waals surface area contributed by atoms with Gasteiger partial charge in [-0.3, -0.25) is 9.59 Å². The fraction of sp³-hybridized carbons (Fsp3) is 0.480. The van der Waals surface area contributed by atoms with Gasteiger partial charge in [-0.15, -0.1) is 11.8 Å². The van der Waals surface area contributed by atoms with Crippen LogP contribution >= 0.6 is 23.4 Å². The molecule has 1 atom stereocenters. The number of hydrogen-bond acceptors (Lipinski definition) is 5. The molecule has 1 saturated carbocycles. The Morgan fingerprint density at radius 1 is 1.22 bits per heavy atom. The minimum atomic E-state index is -2.67. The summed E-state index contributed by atoms with van der Waals surface area (Å²) in [7, 11) is 0. The Labute approximate surface area is 216 Å². The number of halogens is 3. The van der Waals surface area contributed by atoms with Gasteiger partial charge in [0.05, 0.1) is 23.7 Å². The molecule has 4 rings (SSSR count). The van der Waals surface area contributed by atoms with Crippen LogP contribution in [0.1, 0.15) is 61.1 Å². The summed E-state index contributed by atoms with van der Waals surface area (Å²) in [5.74, 6) is -3.05. The van der Waals surface area contributed by atoms with Crippen LogP contribution in [0, 0.1) is 5.92 Å². The van der Waals surface area contributed by atoms with Crippen LogP contribution in [0.4, 0.5) is 13.6 Å². The number of alkyl carbamates (subject to hydrolysis) is 1. The number of ether oxygens (including phenoxy) is 1. The number of hydrogen-bond donors (Lipinski definition) is 2. The molecule has 36 heavy (non-hydrogen) atoms. The van der Waals surface area contributed by atoms with Crippen LogP contribution in [0.2, 0.25) is 5.02 Å². The molecule has 194 valence electrons. The van der Waals surface area contributed by atoms with E-state index in [1.165, 1.54) is 22.5 Å². The Morgan fingerprint density at radius 3 is 2.50 bits per heavy atom. The van der Waals surface area contributed by atoms with E-state index < -0.39 is 29.6 Å². The van der Waals surface area contributed by atoms with Gasteiger partial charge in [-0.05, 0) is 44.4 Å². The number of carbonyl (C=O) groups is 2. The van der Waals surface area contributed by atoms with Gasteiger partial charge in [0.15, 0.2) is 0 Å². The minimum Gasteiger partial charge on any atom is -0.444 e. The number of rotatable bonds is 6. The van der Waals surface area contributed by atoms with Crippen molar-refractivity contribution >= 4 is 35.4 Å². The number of pyridine rings is 1. The molecule has 1 fully saturated rings. The zero-order chi connectivity index (χ0) is 26.3. The number of carbonyl (C=O) groups excluding carboxylic acids is 2. The Balaban J connectivity index is 1.63. The number of aromatic nitrogens is 1. The van der Waals surface area contributed by atoms with Crippen molar-refractivity contribution in [3.05, 3.63) is 62.5 Å². The summed E-state index contributed by atoms with van der Waals surface area (Å²) >= 11 is 7.27. The second-order valence-electron chi connectivity index (χ2n) is 10.2. The van der Waals surface area contributed by atoms with E-state index in [2.05, 4.69) is 10.6 Å². The number of alkyl halides is 2. The van der Waals surface area contributed by atoms with E-state index in [0.717, 1.165) is 5.56 Å². The Morgan fingerprint density at radius 2 is 1.89 bits per heavy atom. The molecule has 0 radical (unpaired) electrons. The lowest BCUT2D eigenvalue weighted by molar-refractivity contribution is -0.108. The third-order valence-corrected chi connectivity index (χ3v) is 7.42. The average Bonchev–Trinajstić information content (AvgIpc) is 3.16. The van der Waals surface area contributed by atoms with Crippen molar-refractivity contribution in [1.82, 2.24) is 15.2 Å². The SMILES string of the molecule is CC(C)(C)OC(=O)N[C@H]1CSc2c(C(=O)NCC3CC(F)(F)C3)cn(Cc3ccc(Cl)cc3)c(=O)c21. The van der Waals surface area contributed by atoms with Gasteiger partial charge in [-0.2, -0.15) is 0 Å². The first-order valence-corrected chi connectivity index (χ1v) is 13.0. The molecule has 2 heterocycles. The number of benzene rings is 1. The highest BCUT2D eigenvalue weighted by Gasteiger charge is 2.45. The van der Waals surface area contributed by atoms with Gasteiger partial charge in [-0.1, -0.05) is 23.7 Å². The van der Waals surface area contributed by atoms with Crippen molar-refractivity contribution < 1.29 is 23.1 Å². The average molecular weight is 540 g/mol. The summed E-state index contributed by atoms with van der Waals surface area (Å²) in [6, 6.07) is 6.33. The van der Waals surface area contributed by atoms with Gasteiger partial charge in [0.2, 0.25) is 5.92 Å². The maximum Gasteiger partial charge on any atom is 0.408 e. The van der Waals surface area contributed by atoms with Gasteiger partial charge < -0.3 is 19.9 Å². The van der Waals surface area contributed by atoms with Crippen LogP contribution in [-0.2, 0) is 11.3 Å². The third-order valence-electron chi connectivity index (χ3n) is 5.94. The Kier molecular flexibility index (Phi) is 7.39. The molecule has 2 aromatic rings. The summed E-state index contributed by atoms with van der Waals surface area (Å²) in [5.41, 5.74) is 0.326. The third kappa shape index (κ3) is 6.21. The quantitative estimate of drug-likeness (QED) is 0.539. The maximum atomic E-state index is 13.5. The van der Waals surface area contributed by atoms with Crippen LogP contribution in [0.15, 0.2) is 40.2 Å². The lowest BCUT2D eigenvalue weighted by atomic mass is 9.81. The first-order chi connectivity index (χ1) is 16.8. The topological polar surface area (TPSA) is 89.4 Å². The van der Waals surface area contributed by atoms with Crippen LogP contribution < -0.4 is 16.2 Å². The van der Waals surface area contributed by atoms with Gasteiger partial charge >= 0.3 is 6.09 Å². The van der Waals surface area contributed by atoms with E-state index in [0.29, 0.717) is 21.2 Å². The van der Waals surface area contributed by atoms with E-state index in [-0.39, 0.29) is 43.0 Å². The highest BCUT2D eigenvalue weighted by Crippen LogP contribution is 2.42. The summed E-state index contributed by atoms with van der Waals surface area (Å²) in [6.07, 6.45) is 0.324. The number of thioether (sulfide) groups is 1. The van der Waals surface area contributed by atoms with E-state index in [1.54, 1.807) is 45.0 Å². The smallest absolute Gasteiger partial charge is 0.408 e. The van der Waals surface area contributed by atoms with Crippen molar-refractivity contribution in [2.75, 3.05) is 12.3 Å². The summed E-state index contributed by atoms with van der Waals surface area (Å²) in [4.78, 5) is 39.5. The highest BCUT2D eigenvalue weighted by atomic mass is 35.5. The second kappa shape index (κ2) is 10.0. The molecule has 1 aromatic carbocycles. The molecule has 1 aliphatic heterocycles. The summed E-state index contributed by atoms with van der Waals surface area (Å²) in [5, 5.41) is 6.04. The van der Waals surface area contributed by atoms with Crippen molar-refractivity contribution in [2.24, 2.45) is 5.92 Å². The predicted molar refractivity (Wildman–Crippen MR) is 134 cm³/mol. The molecule has 2 aliphatic rings. The van der Waals surface area contributed by atoms with Gasteiger partial charge in [0.1, 0.15) is 5.60 Å². The lowest BCUT2D eigenvalue weighted by Crippen LogP contribution is -2.43. The molecule has 2 amide bonds. The van der Waals surface area contributed by atoms with Crippen molar-refractivity contribution in [2.45, 2.75) is 62.6 Å². The predicted octanol–water partition coefficient (Wildman–Crippen LogP) is 5.00. The standard InChI is InChI=1S/C25H28ClF2N3O4S/c1-24(2,3)35-23(34)30-18-13-36-20-17(21(32)29-10-15-8-25(27,28)9-15)12-31(22(33)19(18)20)11-14-4-6-16(26)7-5-14/h4-7,12,15,18H,8-11,13H2,1-3H3,(H,29,32)(H,30,34)/t18-/m0/s1. The molecule has 2 N–H and O–H groups in total. The largest absolute Gasteiger partial charge is 0.444 e. The molecule has 1 aromatic heterocycles. The maximum absolute atomic E-state index is 13.5. The number of nitrogens with zero attached hydrogens (tertiary/aromatic N) is 1. The van der Waals surface area contributed by atoms with Gasteiger partial charge in [0.25, 0.3) is 11.5 Å². The van der Waals surface area contributed by atoms with E-state index in [9.17, 15) is 23.2 Å². The van der Waals surface area contributed by atoms with Crippen molar-refractivity contribution in [3.63, 3.8) is 0 Å². The Hall–Kier alpha value is -2.59. The Bertz CT molecular complexity index is 1220. The lowest BCUT2D eigenvalue weighted by Gasteiger charge is -2.34. The first kappa shape index (κ1) is 26.5. The van der Waals surface area contributed by atoms with E-state index in [4.69, 9.17) is 16.3 Å². The second-order valence-corrected chi connectivity index (χ2v) is 11.7. The highest BCUT2D eigenvalue weighted by molar-refractivity contribution is 7.99. The fourth-order valence-corrected chi connectivity index (χ4v) is 5.67. The minimum absolute atomic E-state index is 0.129. The molecule has 1 aliphatic carbocycles. The van der Waals surface area contributed by atoms with Crippen molar-refractivity contribution in [1.29, 1.82) is 0 Å². The van der Waals surface area contributed by atoms with Crippen LogP contribution in [0.25, 0.3) is 0 Å². The molecular weight excluding hydrogens is 512 g/mol. The molecule has 0 spiro atoms. The van der Waals surface area contributed by atoms with Gasteiger partial charge in [0, 0.05) is 41.3 Å². The number of amides is 2. The van der Waals surface area contributed by atoms with Crippen molar-refractivity contribution in [3.8, 4) is 0 Å². The molecular formula is C25H28ClF2N3O4S. The molecule has 0 unspecified atom stereocenters. The van der Waals surface area contributed by atoms with E-state index in [1.807, 2.05) is 0 Å². The summed E-state index contributed by atoms with van der Waals surface area (Å²) in [6.45, 7) is 5.53.